The van der Waals surface area contributed by atoms with Crippen LogP contribution in [0.15, 0.2) is 0 Å². The van der Waals surface area contributed by atoms with Gasteiger partial charge in [-0.2, -0.15) is 0 Å². The Hall–Kier alpha value is 0.150. The third kappa shape index (κ3) is 28.4. The van der Waals surface area contributed by atoms with Crippen LogP contribution >= 0.6 is 7.60 Å². The lowest BCUT2D eigenvalue weighted by atomic mass is 10.0. The summed E-state index contributed by atoms with van der Waals surface area (Å²) in [4.78, 5) is 10.00. The van der Waals surface area contributed by atoms with E-state index >= 15 is 0 Å². The summed E-state index contributed by atoms with van der Waals surface area (Å²) in [7, 11) is -3.36. The maximum atomic E-state index is 12.1. The monoisotopic (exact) mass is 502 g/mol. The summed E-state index contributed by atoms with van der Waals surface area (Å²) in [5.41, 5.74) is 0. The average Bonchev–Trinajstić information content (AvgIpc) is 2.82. The van der Waals surface area contributed by atoms with Gasteiger partial charge in [-0.3, -0.25) is 4.57 Å². The second kappa shape index (κ2) is 27.7. The molecule has 0 radical (unpaired) electrons. The molecular weight excluding hydrogens is 439 g/mol. The molecule has 206 valence electrons. The van der Waals surface area contributed by atoms with Crippen LogP contribution in [0.5, 0.6) is 0 Å². The van der Waals surface area contributed by atoms with Crippen LogP contribution in [0.3, 0.4) is 0 Å². The zero-order valence-electron chi connectivity index (χ0n) is 23.5. The minimum absolute atomic E-state index is 0.336. The Morgan fingerprint density at radius 2 is 0.706 bits per heavy atom. The van der Waals surface area contributed by atoms with Gasteiger partial charge in [0.25, 0.3) is 0 Å². The molecule has 0 aliphatic rings. The van der Waals surface area contributed by atoms with Gasteiger partial charge in [-0.1, -0.05) is 168 Å². The standard InChI is InChI=1S/C30H63O3P/c1-3-5-7-9-11-13-15-16-17-18-19-20-21-23-25-27-29-33-34(31,32)30-28-26-24-22-14-12-10-8-6-4-2/h3-30H2,1-2H3,(H,31,32). The fraction of sp³-hybridized carbons (Fsp3) is 1.00. The molecule has 0 heterocycles. The fourth-order valence-electron chi connectivity index (χ4n) is 4.72. The van der Waals surface area contributed by atoms with E-state index in [0.717, 1.165) is 25.7 Å². The second-order valence-corrected chi connectivity index (χ2v) is 12.7. The van der Waals surface area contributed by atoms with Crippen molar-refractivity contribution in [2.75, 3.05) is 12.8 Å². The van der Waals surface area contributed by atoms with E-state index in [0.29, 0.717) is 12.8 Å². The molecule has 0 rings (SSSR count). The van der Waals surface area contributed by atoms with Gasteiger partial charge in [0.05, 0.1) is 6.61 Å². The van der Waals surface area contributed by atoms with Crippen LogP contribution < -0.4 is 0 Å². The Kier molecular flexibility index (Phi) is 27.9. The molecule has 0 aliphatic carbocycles. The van der Waals surface area contributed by atoms with Crippen LogP contribution in [0.4, 0.5) is 0 Å². The SMILES string of the molecule is CCCCCCCCCCCCCCCCCCOP(=O)(O)CCCCCCCCCCCC. The molecule has 0 spiro atoms. The summed E-state index contributed by atoms with van der Waals surface area (Å²) in [6.45, 7) is 4.99. The Bertz CT molecular complexity index is 427. The lowest BCUT2D eigenvalue weighted by Gasteiger charge is -2.12. The lowest BCUT2D eigenvalue weighted by molar-refractivity contribution is 0.251. The number of hydrogen-bond acceptors (Lipinski definition) is 2. The Morgan fingerprint density at radius 1 is 0.441 bits per heavy atom. The molecule has 4 heteroatoms. The van der Waals surface area contributed by atoms with Gasteiger partial charge in [0.1, 0.15) is 0 Å². The molecule has 0 aromatic carbocycles. The van der Waals surface area contributed by atoms with Gasteiger partial charge in [-0.25, -0.2) is 0 Å². The van der Waals surface area contributed by atoms with Crippen molar-refractivity contribution in [2.45, 2.75) is 181 Å². The minimum Gasteiger partial charge on any atom is -0.324 e. The third-order valence-corrected chi connectivity index (χ3v) is 8.55. The van der Waals surface area contributed by atoms with Crippen molar-refractivity contribution in [1.82, 2.24) is 0 Å². The van der Waals surface area contributed by atoms with Gasteiger partial charge in [-0.15, -0.1) is 0 Å². The van der Waals surface area contributed by atoms with Gasteiger partial charge >= 0.3 is 7.60 Å². The van der Waals surface area contributed by atoms with Crippen molar-refractivity contribution in [1.29, 1.82) is 0 Å². The van der Waals surface area contributed by atoms with E-state index in [1.54, 1.807) is 0 Å². The topological polar surface area (TPSA) is 46.5 Å². The average molecular weight is 503 g/mol. The smallest absolute Gasteiger partial charge is 0.324 e. The van der Waals surface area contributed by atoms with Crippen molar-refractivity contribution in [3.05, 3.63) is 0 Å². The maximum absolute atomic E-state index is 12.1. The second-order valence-electron chi connectivity index (χ2n) is 10.7. The molecule has 0 aromatic heterocycles. The first kappa shape index (κ1) is 34.1. The first-order valence-electron chi connectivity index (χ1n) is 15.6. The molecule has 0 aromatic rings. The summed E-state index contributed by atoms with van der Waals surface area (Å²) in [5, 5.41) is 0. The number of rotatable bonds is 29. The molecule has 0 saturated carbocycles. The molecule has 34 heavy (non-hydrogen) atoms. The molecule has 3 nitrogen and oxygen atoms in total. The van der Waals surface area contributed by atoms with E-state index < -0.39 is 7.60 Å². The lowest BCUT2D eigenvalue weighted by Crippen LogP contribution is -1.97. The van der Waals surface area contributed by atoms with Crippen molar-refractivity contribution < 1.29 is 14.0 Å². The summed E-state index contributed by atoms with van der Waals surface area (Å²) in [6, 6.07) is 0. The quantitative estimate of drug-likeness (QED) is 0.0817. The highest BCUT2D eigenvalue weighted by atomic mass is 31.2. The largest absolute Gasteiger partial charge is 0.328 e. The molecule has 0 bridgehead atoms. The number of hydrogen-bond donors (Lipinski definition) is 1. The summed E-state index contributed by atoms with van der Waals surface area (Å²) in [5.74, 6) is 0. The van der Waals surface area contributed by atoms with Crippen LogP contribution in [0.25, 0.3) is 0 Å². The zero-order chi connectivity index (χ0) is 25.0. The van der Waals surface area contributed by atoms with Gasteiger partial charge < -0.3 is 9.42 Å². The highest BCUT2D eigenvalue weighted by Gasteiger charge is 2.17. The molecule has 1 N–H and O–H groups in total. The highest BCUT2D eigenvalue weighted by Crippen LogP contribution is 2.43. The van der Waals surface area contributed by atoms with Crippen LogP contribution in [-0.2, 0) is 9.09 Å². The minimum atomic E-state index is -3.36. The summed E-state index contributed by atoms with van der Waals surface area (Å²) < 4.78 is 17.5. The van der Waals surface area contributed by atoms with E-state index in [1.165, 1.54) is 141 Å². The fourth-order valence-corrected chi connectivity index (χ4v) is 5.89. The van der Waals surface area contributed by atoms with Crippen LogP contribution in [0, 0.1) is 0 Å². The van der Waals surface area contributed by atoms with Gasteiger partial charge in [0.2, 0.25) is 0 Å². The normalized spacial score (nSPS) is 13.4. The Morgan fingerprint density at radius 3 is 1.03 bits per heavy atom. The van der Waals surface area contributed by atoms with Crippen LogP contribution in [-0.4, -0.2) is 17.7 Å². The highest BCUT2D eigenvalue weighted by molar-refractivity contribution is 7.52. The van der Waals surface area contributed by atoms with E-state index in [1.807, 2.05) is 0 Å². The van der Waals surface area contributed by atoms with Crippen LogP contribution in [0.1, 0.15) is 181 Å². The van der Waals surface area contributed by atoms with Crippen molar-refractivity contribution in [3.63, 3.8) is 0 Å². The predicted molar refractivity (Wildman–Crippen MR) is 152 cm³/mol. The molecule has 1 unspecified atom stereocenters. The van der Waals surface area contributed by atoms with Crippen molar-refractivity contribution in [3.8, 4) is 0 Å². The molecule has 0 aliphatic heterocycles. The third-order valence-electron chi connectivity index (χ3n) is 7.09. The summed E-state index contributed by atoms with van der Waals surface area (Å²) in [6.07, 6.45) is 34.2. The van der Waals surface area contributed by atoms with E-state index in [2.05, 4.69) is 13.8 Å². The maximum Gasteiger partial charge on any atom is 0.328 e. The molecule has 1 atom stereocenters. The van der Waals surface area contributed by atoms with E-state index in [-0.39, 0.29) is 0 Å². The van der Waals surface area contributed by atoms with E-state index in [4.69, 9.17) is 4.52 Å². The van der Waals surface area contributed by atoms with Gasteiger partial charge in [0, 0.05) is 6.16 Å². The molecule has 0 amide bonds. The summed E-state index contributed by atoms with van der Waals surface area (Å²) >= 11 is 0. The van der Waals surface area contributed by atoms with E-state index in [9.17, 15) is 9.46 Å². The number of unbranched alkanes of at least 4 members (excludes halogenated alkanes) is 24. The van der Waals surface area contributed by atoms with Crippen LogP contribution in [0.2, 0.25) is 0 Å². The van der Waals surface area contributed by atoms with Gasteiger partial charge in [0.15, 0.2) is 0 Å². The molecular formula is C30H63O3P. The molecule has 0 fully saturated rings. The molecule has 0 saturated heterocycles. The van der Waals surface area contributed by atoms with Gasteiger partial charge in [-0.05, 0) is 12.8 Å². The van der Waals surface area contributed by atoms with Crippen molar-refractivity contribution in [2.24, 2.45) is 0 Å². The van der Waals surface area contributed by atoms with Crippen molar-refractivity contribution >= 4 is 7.60 Å². The Labute approximate surface area is 215 Å². The Balaban J connectivity index is 3.27. The first-order chi connectivity index (χ1) is 16.6. The zero-order valence-corrected chi connectivity index (χ0v) is 24.4. The predicted octanol–water partition coefficient (Wildman–Crippen LogP) is 11.4. The first-order valence-corrected chi connectivity index (χ1v) is 17.3.